The van der Waals surface area contributed by atoms with E-state index in [2.05, 4.69) is 5.32 Å². The number of methoxy groups -OCH3 is 1. The van der Waals surface area contributed by atoms with Crippen molar-refractivity contribution >= 4 is 29.4 Å². The topological polar surface area (TPSA) is 125 Å². The molecule has 2 aromatic rings. The molecule has 1 heterocycles. The number of nitrogens with zero attached hydrogens (tertiary/aromatic N) is 2. The van der Waals surface area contributed by atoms with Gasteiger partial charge in [0.1, 0.15) is 18.7 Å². The first kappa shape index (κ1) is 31.5. The van der Waals surface area contributed by atoms with Crippen molar-refractivity contribution in [1.29, 1.82) is 0 Å². The van der Waals surface area contributed by atoms with Crippen LogP contribution in [0.4, 0.5) is 0 Å². The van der Waals surface area contributed by atoms with Gasteiger partial charge < -0.3 is 24.8 Å². The second kappa shape index (κ2) is 13.6. The zero-order valence-electron chi connectivity index (χ0n) is 24.4. The molecule has 0 fully saturated rings. The van der Waals surface area contributed by atoms with Gasteiger partial charge in [-0.3, -0.25) is 19.3 Å². The van der Waals surface area contributed by atoms with Crippen molar-refractivity contribution in [3.8, 4) is 0 Å². The number of nitrogens with one attached hydrogen (secondary N) is 1. The van der Waals surface area contributed by atoms with Crippen molar-refractivity contribution in [1.82, 2.24) is 15.1 Å². The molecule has 0 saturated heterocycles. The van der Waals surface area contributed by atoms with Gasteiger partial charge in [0.2, 0.25) is 5.91 Å². The Labute approximate surface area is 240 Å². The molecule has 0 spiro atoms. The summed E-state index contributed by atoms with van der Waals surface area (Å²) >= 11 is 0. The Hall–Kier alpha value is -4.02. The second-order valence-corrected chi connectivity index (χ2v) is 10.6. The molecule has 3 amide bonds. The third-order valence-corrected chi connectivity index (χ3v) is 6.65. The summed E-state index contributed by atoms with van der Waals surface area (Å²) in [7, 11) is 1.39. The second-order valence-electron chi connectivity index (χ2n) is 10.6. The summed E-state index contributed by atoms with van der Waals surface area (Å²) in [5.41, 5.74) is -1.13. The Morgan fingerprint density at radius 3 is 2.10 bits per heavy atom. The third kappa shape index (κ3) is 7.20. The van der Waals surface area contributed by atoms with Gasteiger partial charge in [0.25, 0.3) is 17.5 Å². The van der Waals surface area contributed by atoms with Crippen LogP contribution in [-0.2, 0) is 35.1 Å². The molecule has 3 atom stereocenters. The third-order valence-electron chi connectivity index (χ3n) is 6.65. The first-order chi connectivity index (χ1) is 19.4. The van der Waals surface area contributed by atoms with Crippen molar-refractivity contribution in [2.45, 2.75) is 65.0 Å². The predicted octanol–water partition coefficient (Wildman–Crippen LogP) is 2.71. The number of hydrogen-bond acceptors (Lipinski definition) is 7. The van der Waals surface area contributed by atoms with E-state index in [0.717, 1.165) is 0 Å². The van der Waals surface area contributed by atoms with E-state index < -0.39 is 47.6 Å². The fourth-order valence-electron chi connectivity index (χ4n) is 4.94. The fraction of sp³-hybridized carbons (Fsp3) is 0.419. The highest BCUT2D eigenvalue weighted by atomic mass is 16.6. The largest absolute Gasteiger partial charge is 0.459 e. The van der Waals surface area contributed by atoms with Gasteiger partial charge in [-0.1, -0.05) is 74.5 Å². The van der Waals surface area contributed by atoms with Crippen LogP contribution in [0.3, 0.4) is 0 Å². The summed E-state index contributed by atoms with van der Waals surface area (Å²) in [5.74, 6) is -3.12. The van der Waals surface area contributed by atoms with E-state index in [1.165, 1.54) is 23.8 Å². The number of amides is 3. The summed E-state index contributed by atoms with van der Waals surface area (Å²) in [6.45, 7) is 7.75. The van der Waals surface area contributed by atoms with E-state index >= 15 is 0 Å². The molecule has 1 aliphatic rings. The lowest BCUT2D eigenvalue weighted by atomic mass is 9.89. The lowest BCUT2D eigenvalue weighted by Crippen LogP contribution is -2.70. The van der Waals surface area contributed by atoms with Crippen LogP contribution in [0.2, 0.25) is 0 Å². The van der Waals surface area contributed by atoms with Crippen molar-refractivity contribution in [3.05, 3.63) is 78.0 Å². The van der Waals surface area contributed by atoms with Crippen LogP contribution in [0, 0.1) is 5.92 Å². The number of carbonyl (C=O) groups excluding carboxylic acids is 4. The van der Waals surface area contributed by atoms with Gasteiger partial charge in [-0.2, -0.15) is 0 Å². The smallest absolute Gasteiger partial charge is 0.362 e. The average Bonchev–Trinajstić information content (AvgIpc) is 2.91. The van der Waals surface area contributed by atoms with Crippen LogP contribution < -0.4 is 5.32 Å². The zero-order valence-corrected chi connectivity index (χ0v) is 24.4. The minimum absolute atomic E-state index is 0.0302. The van der Waals surface area contributed by atoms with E-state index in [4.69, 9.17) is 9.47 Å². The van der Waals surface area contributed by atoms with Crippen LogP contribution in [0.1, 0.15) is 45.7 Å². The number of hydrogen-bond donors (Lipinski definition) is 2. The maximum Gasteiger partial charge on any atom is 0.362 e. The lowest BCUT2D eigenvalue weighted by molar-refractivity contribution is -0.185. The minimum Gasteiger partial charge on any atom is -0.459 e. The standard InChI is InChI=1S/C31H39N3O7/c1-20(2)28-29(37)34(25(24-15-11-8-12-16-24)18-33(28)27(36)19-40-6)26(17-23-13-9-7-10-14-23)31(39,32-22(5)35)30(38)41-21(3)4/h7-16,18,20-21,26,28,39H,17,19H2,1-6H3,(H,32,35)/t26-,28+,31?/m0/s1. The van der Waals surface area contributed by atoms with E-state index in [1.54, 1.807) is 88.5 Å². The van der Waals surface area contributed by atoms with Gasteiger partial charge in [0.05, 0.1) is 11.8 Å². The number of benzene rings is 2. The Morgan fingerprint density at radius 2 is 1.59 bits per heavy atom. The summed E-state index contributed by atoms with van der Waals surface area (Å²) in [6, 6.07) is 15.5. The lowest BCUT2D eigenvalue weighted by Gasteiger charge is -2.48. The van der Waals surface area contributed by atoms with Crippen molar-refractivity contribution in [2.24, 2.45) is 5.92 Å². The molecule has 0 aromatic heterocycles. The van der Waals surface area contributed by atoms with Crippen LogP contribution in [-0.4, -0.2) is 76.2 Å². The molecule has 0 aliphatic carbocycles. The van der Waals surface area contributed by atoms with Crippen LogP contribution in [0.15, 0.2) is 66.9 Å². The normalized spacial score (nSPS) is 17.6. The van der Waals surface area contributed by atoms with E-state index in [0.29, 0.717) is 11.1 Å². The molecular weight excluding hydrogens is 526 g/mol. The van der Waals surface area contributed by atoms with Crippen LogP contribution in [0.5, 0.6) is 0 Å². The summed E-state index contributed by atoms with van der Waals surface area (Å²) in [5, 5.41) is 14.5. The first-order valence-corrected chi connectivity index (χ1v) is 13.6. The molecule has 0 bridgehead atoms. The highest BCUT2D eigenvalue weighted by Gasteiger charge is 2.54. The maximum atomic E-state index is 14.6. The molecule has 0 radical (unpaired) electrons. The Bertz CT molecular complexity index is 1260. The van der Waals surface area contributed by atoms with Gasteiger partial charge in [-0.05, 0) is 37.3 Å². The average molecular weight is 566 g/mol. The fourth-order valence-corrected chi connectivity index (χ4v) is 4.94. The Morgan fingerprint density at radius 1 is 1.00 bits per heavy atom. The van der Waals surface area contributed by atoms with E-state index in [9.17, 15) is 24.3 Å². The van der Waals surface area contributed by atoms with Gasteiger partial charge in [0.15, 0.2) is 0 Å². The Kier molecular flexibility index (Phi) is 10.4. The van der Waals surface area contributed by atoms with Crippen LogP contribution in [0.25, 0.3) is 5.70 Å². The highest BCUT2D eigenvalue weighted by Crippen LogP contribution is 2.36. The summed E-state index contributed by atoms with van der Waals surface area (Å²) < 4.78 is 10.5. The van der Waals surface area contributed by atoms with Gasteiger partial charge >= 0.3 is 5.97 Å². The van der Waals surface area contributed by atoms with Crippen molar-refractivity contribution in [2.75, 3.05) is 13.7 Å². The molecule has 10 heteroatoms. The predicted molar refractivity (Wildman–Crippen MR) is 153 cm³/mol. The number of ether oxygens (including phenoxy) is 2. The molecule has 41 heavy (non-hydrogen) atoms. The minimum atomic E-state index is -2.64. The number of rotatable bonds is 11. The number of esters is 1. The molecule has 10 nitrogen and oxygen atoms in total. The first-order valence-electron chi connectivity index (χ1n) is 13.6. The Balaban J connectivity index is 2.35. The monoisotopic (exact) mass is 565 g/mol. The SMILES string of the molecule is COCC(=O)N1C=C(c2ccccc2)N([C@@H](Cc2ccccc2)C(O)(NC(C)=O)C(=O)OC(C)C)C(=O)[C@H]1C(C)C. The summed E-state index contributed by atoms with van der Waals surface area (Å²) in [6.07, 6.45) is 0.896. The van der Waals surface area contributed by atoms with Crippen LogP contribution >= 0.6 is 0 Å². The molecule has 1 aliphatic heterocycles. The summed E-state index contributed by atoms with van der Waals surface area (Å²) in [4.78, 5) is 56.4. The molecule has 2 N–H and O–H groups in total. The van der Waals surface area contributed by atoms with Gasteiger partial charge in [-0.15, -0.1) is 0 Å². The van der Waals surface area contributed by atoms with E-state index in [-0.39, 0.29) is 24.6 Å². The molecular formula is C31H39N3O7. The quantitative estimate of drug-likeness (QED) is 0.317. The molecule has 3 rings (SSSR count). The van der Waals surface area contributed by atoms with Crippen molar-refractivity contribution < 1.29 is 33.8 Å². The van der Waals surface area contributed by atoms with Gasteiger partial charge in [-0.25, -0.2) is 4.79 Å². The molecule has 0 saturated carbocycles. The van der Waals surface area contributed by atoms with Crippen molar-refractivity contribution in [3.63, 3.8) is 0 Å². The maximum absolute atomic E-state index is 14.6. The highest BCUT2D eigenvalue weighted by molar-refractivity contribution is 5.99. The molecule has 2 aromatic carbocycles. The van der Waals surface area contributed by atoms with E-state index in [1.807, 2.05) is 6.07 Å². The number of aliphatic hydroxyl groups is 1. The zero-order chi connectivity index (χ0) is 30.3. The molecule has 220 valence electrons. The molecule has 1 unspecified atom stereocenters. The van der Waals surface area contributed by atoms with Gasteiger partial charge in [0, 0.05) is 20.2 Å². The number of carbonyl (C=O) groups is 4.